The minimum Gasteiger partial charge on any atom is -0.495 e. The van der Waals surface area contributed by atoms with Crippen LogP contribution in [-0.4, -0.2) is 23.4 Å². The summed E-state index contributed by atoms with van der Waals surface area (Å²) in [5.41, 5.74) is 0.319. The van der Waals surface area contributed by atoms with Crippen LogP contribution in [0.15, 0.2) is 23.1 Å². The van der Waals surface area contributed by atoms with E-state index < -0.39 is 9.05 Å². The van der Waals surface area contributed by atoms with Crippen molar-refractivity contribution in [3.8, 4) is 5.75 Å². The molecular weight excluding hydrogens is 210 g/mol. The molecule has 13 heavy (non-hydrogen) atoms. The molecule has 0 bridgehead atoms. The summed E-state index contributed by atoms with van der Waals surface area (Å²) >= 11 is 0. The molecule has 0 saturated carbocycles. The molecule has 0 aromatic heterocycles. The highest BCUT2D eigenvalue weighted by Crippen LogP contribution is 2.24. The highest BCUT2D eigenvalue weighted by molar-refractivity contribution is 8.13. The third kappa shape index (κ3) is 2.38. The molecule has 0 atom stereocenters. The first-order valence-electron chi connectivity index (χ1n) is 3.33. The van der Waals surface area contributed by atoms with Gasteiger partial charge in [-0.3, -0.25) is 0 Å². The average molecular weight is 216 g/mol. The number of rotatable bonds is 2. The van der Waals surface area contributed by atoms with Gasteiger partial charge in [-0.15, -0.1) is 0 Å². The Labute approximate surface area is 82.5 Å². The quantitative estimate of drug-likeness (QED) is 0.531. The summed E-state index contributed by atoms with van der Waals surface area (Å²) < 4.78 is 26.8. The Morgan fingerprint density at radius 1 is 1.46 bits per heavy atom. The lowest BCUT2D eigenvalue weighted by atomic mass is 9.97. The van der Waals surface area contributed by atoms with Gasteiger partial charge < -0.3 is 4.74 Å². The zero-order chi connectivity index (χ0) is 10.1. The van der Waals surface area contributed by atoms with Crippen LogP contribution >= 0.6 is 10.7 Å². The highest BCUT2D eigenvalue weighted by atomic mass is 35.7. The Kier molecular flexibility index (Phi) is 2.88. The molecule has 0 aliphatic carbocycles. The number of hydrogen-bond donors (Lipinski definition) is 0. The van der Waals surface area contributed by atoms with Gasteiger partial charge in [0.15, 0.2) is 0 Å². The van der Waals surface area contributed by atoms with Gasteiger partial charge in [-0.2, -0.15) is 0 Å². The third-order valence-electron chi connectivity index (χ3n) is 1.45. The zero-order valence-corrected chi connectivity index (χ0v) is 8.39. The number of methoxy groups -OCH3 is 1. The molecule has 2 radical (unpaired) electrons. The summed E-state index contributed by atoms with van der Waals surface area (Å²) in [6, 6.07) is 4.23. The van der Waals surface area contributed by atoms with Crippen LogP contribution in [0.1, 0.15) is 0 Å². The molecule has 0 fully saturated rings. The normalized spacial score (nSPS) is 11.2. The van der Waals surface area contributed by atoms with E-state index >= 15 is 0 Å². The van der Waals surface area contributed by atoms with E-state index in [-0.39, 0.29) is 10.6 Å². The average Bonchev–Trinajstić information content (AvgIpc) is 2.03. The minimum absolute atomic E-state index is 0.114. The van der Waals surface area contributed by atoms with E-state index in [0.29, 0.717) is 5.46 Å². The summed E-state index contributed by atoms with van der Waals surface area (Å²) in [7, 11) is 8.11. The van der Waals surface area contributed by atoms with Crippen molar-refractivity contribution in [3.63, 3.8) is 0 Å². The van der Waals surface area contributed by atoms with E-state index in [1.165, 1.54) is 25.3 Å². The molecule has 0 heterocycles. The maximum atomic E-state index is 11.0. The Bertz CT molecular complexity index is 416. The van der Waals surface area contributed by atoms with Crippen LogP contribution in [-0.2, 0) is 9.05 Å². The predicted octanol–water partition coefficient (Wildman–Crippen LogP) is 0.417. The van der Waals surface area contributed by atoms with Gasteiger partial charge in [-0.05, 0) is 12.1 Å². The molecule has 6 heteroatoms. The van der Waals surface area contributed by atoms with E-state index in [0.717, 1.165) is 0 Å². The fourth-order valence-electron chi connectivity index (χ4n) is 0.884. The third-order valence-corrected chi connectivity index (χ3v) is 2.79. The first-order chi connectivity index (χ1) is 5.95. The molecule has 68 valence electrons. The van der Waals surface area contributed by atoms with Crippen molar-refractivity contribution in [2.45, 2.75) is 4.90 Å². The predicted molar refractivity (Wildman–Crippen MR) is 51.4 cm³/mol. The lowest BCUT2D eigenvalue weighted by Crippen LogP contribution is -2.06. The molecule has 0 aliphatic rings. The smallest absolute Gasteiger partial charge is 0.264 e. The molecule has 0 spiro atoms. The van der Waals surface area contributed by atoms with E-state index in [2.05, 4.69) is 0 Å². The topological polar surface area (TPSA) is 43.4 Å². The number of ether oxygens (including phenoxy) is 1. The van der Waals surface area contributed by atoms with Gasteiger partial charge in [0.25, 0.3) is 9.05 Å². The van der Waals surface area contributed by atoms with Gasteiger partial charge in [-0.25, -0.2) is 8.42 Å². The van der Waals surface area contributed by atoms with Crippen molar-refractivity contribution in [3.05, 3.63) is 18.2 Å². The van der Waals surface area contributed by atoms with Crippen molar-refractivity contribution in [2.75, 3.05) is 7.11 Å². The second kappa shape index (κ2) is 3.60. The SMILES string of the molecule is [B]c1ccc(OC)c(S(=O)(=O)Cl)c1. The Hall–Kier alpha value is -0.675. The van der Waals surface area contributed by atoms with Gasteiger partial charge in [0.2, 0.25) is 0 Å². The second-order valence-electron chi connectivity index (χ2n) is 2.35. The molecule has 1 aromatic rings. The van der Waals surface area contributed by atoms with Gasteiger partial charge in [0.1, 0.15) is 18.5 Å². The van der Waals surface area contributed by atoms with Gasteiger partial charge in [0.05, 0.1) is 7.11 Å². The summed E-state index contributed by atoms with van der Waals surface area (Å²) in [6.07, 6.45) is 0. The monoisotopic (exact) mass is 216 g/mol. The van der Waals surface area contributed by atoms with Crippen LogP contribution < -0.4 is 10.2 Å². The van der Waals surface area contributed by atoms with Crippen molar-refractivity contribution in [1.82, 2.24) is 0 Å². The maximum absolute atomic E-state index is 11.0. The second-order valence-corrected chi connectivity index (χ2v) is 4.88. The molecular formula is C7H6BClO3S. The van der Waals surface area contributed by atoms with Crippen molar-refractivity contribution in [1.29, 1.82) is 0 Å². The molecule has 0 aliphatic heterocycles. The molecule has 0 unspecified atom stereocenters. The molecule has 3 nitrogen and oxygen atoms in total. The van der Waals surface area contributed by atoms with Crippen molar-refractivity contribution in [2.24, 2.45) is 0 Å². The van der Waals surface area contributed by atoms with Crippen LogP contribution in [0.4, 0.5) is 0 Å². The fraction of sp³-hybridized carbons (Fsp3) is 0.143. The maximum Gasteiger partial charge on any atom is 0.264 e. The lowest BCUT2D eigenvalue weighted by Gasteiger charge is -2.05. The number of benzene rings is 1. The zero-order valence-electron chi connectivity index (χ0n) is 6.82. The van der Waals surface area contributed by atoms with E-state index in [4.69, 9.17) is 23.3 Å². The van der Waals surface area contributed by atoms with Crippen LogP contribution in [0.5, 0.6) is 5.75 Å². The van der Waals surface area contributed by atoms with Crippen LogP contribution in [0.2, 0.25) is 0 Å². The molecule has 0 N–H and O–H groups in total. The van der Waals surface area contributed by atoms with E-state index in [1.807, 2.05) is 0 Å². The molecule has 1 rings (SSSR count). The highest BCUT2D eigenvalue weighted by Gasteiger charge is 2.15. The van der Waals surface area contributed by atoms with Crippen molar-refractivity contribution >= 4 is 33.0 Å². The Morgan fingerprint density at radius 2 is 2.08 bits per heavy atom. The summed E-state index contributed by atoms with van der Waals surface area (Å²) in [5.74, 6) is 0.184. The van der Waals surface area contributed by atoms with Crippen LogP contribution in [0.25, 0.3) is 0 Å². The fourth-order valence-corrected chi connectivity index (χ4v) is 1.91. The van der Waals surface area contributed by atoms with Gasteiger partial charge in [0, 0.05) is 10.7 Å². The molecule has 0 saturated heterocycles. The first-order valence-corrected chi connectivity index (χ1v) is 5.64. The molecule has 0 amide bonds. The number of halogens is 1. The Morgan fingerprint density at radius 3 is 2.54 bits per heavy atom. The largest absolute Gasteiger partial charge is 0.495 e. The van der Waals surface area contributed by atoms with Crippen LogP contribution in [0.3, 0.4) is 0 Å². The van der Waals surface area contributed by atoms with Crippen LogP contribution in [0, 0.1) is 0 Å². The number of hydrogen-bond acceptors (Lipinski definition) is 3. The lowest BCUT2D eigenvalue weighted by molar-refractivity contribution is 0.403. The van der Waals surface area contributed by atoms with Gasteiger partial charge in [-0.1, -0.05) is 11.5 Å². The Balaban J connectivity index is 3.41. The summed E-state index contributed by atoms with van der Waals surface area (Å²) in [5, 5.41) is 0. The van der Waals surface area contributed by atoms with E-state index in [9.17, 15) is 8.42 Å². The standard InChI is InChI=1S/C7H6BClO3S/c1-12-6-3-2-5(8)4-7(6)13(9,10)11/h2-4H,1H3. The van der Waals surface area contributed by atoms with Gasteiger partial charge >= 0.3 is 0 Å². The first kappa shape index (κ1) is 10.4. The summed E-state index contributed by atoms with van der Waals surface area (Å²) in [6.45, 7) is 0. The van der Waals surface area contributed by atoms with E-state index in [1.54, 1.807) is 0 Å². The molecule has 1 aromatic carbocycles. The van der Waals surface area contributed by atoms with Crippen molar-refractivity contribution < 1.29 is 13.2 Å². The minimum atomic E-state index is -3.80. The summed E-state index contributed by atoms with van der Waals surface area (Å²) in [4.78, 5) is -0.114.